The summed E-state index contributed by atoms with van der Waals surface area (Å²) in [6.07, 6.45) is -3.62. The van der Waals surface area contributed by atoms with Gasteiger partial charge in [0.05, 0.1) is 6.26 Å². The molecule has 1 aliphatic rings. The molecule has 1 aromatic heterocycles. The van der Waals surface area contributed by atoms with Crippen LogP contribution in [0.4, 0.5) is 19.1 Å². The maximum absolute atomic E-state index is 12.9. The highest BCUT2D eigenvalue weighted by molar-refractivity contribution is 7.88. The normalized spacial score (nSPS) is 19.1. The van der Waals surface area contributed by atoms with Crippen LogP contribution in [-0.2, 0) is 16.2 Å². The van der Waals surface area contributed by atoms with E-state index in [1.165, 1.54) is 9.21 Å². The molecule has 0 amide bonds. The lowest BCUT2D eigenvalue weighted by atomic mass is 10.0. The van der Waals surface area contributed by atoms with E-state index in [1.807, 2.05) is 0 Å². The van der Waals surface area contributed by atoms with E-state index >= 15 is 0 Å². The smallest absolute Gasteiger partial charge is 0.338 e. The number of rotatable bonds is 2. The highest BCUT2D eigenvalue weighted by atomic mass is 32.2. The first kappa shape index (κ1) is 18.4. The number of nitriles is 1. The first-order valence-electron chi connectivity index (χ1n) is 6.94. The summed E-state index contributed by atoms with van der Waals surface area (Å²) < 4.78 is 63.7. The van der Waals surface area contributed by atoms with Crippen molar-refractivity contribution in [3.8, 4) is 6.07 Å². The first-order valence-corrected chi connectivity index (χ1v) is 8.78. The van der Waals surface area contributed by atoms with Gasteiger partial charge in [0.1, 0.15) is 11.8 Å². The third-order valence-corrected chi connectivity index (χ3v) is 5.11. The molecule has 0 radical (unpaired) electrons. The van der Waals surface area contributed by atoms with Crippen LogP contribution in [0.5, 0.6) is 0 Å². The van der Waals surface area contributed by atoms with Crippen molar-refractivity contribution < 1.29 is 21.6 Å². The van der Waals surface area contributed by atoms with Gasteiger partial charge in [0.25, 0.3) is 0 Å². The molecule has 24 heavy (non-hydrogen) atoms. The van der Waals surface area contributed by atoms with Gasteiger partial charge in [-0.2, -0.15) is 22.7 Å². The number of hydrogen-bond acceptors (Lipinski definition) is 6. The molecule has 0 spiro atoms. The SMILES string of the molecule is CC1(C)CN(c2nc(C#N)cc(C(F)(F)F)n2)CCN1S(C)(=O)=O. The number of aromatic nitrogens is 2. The summed E-state index contributed by atoms with van der Waals surface area (Å²) in [7, 11) is -3.45. The van der Waals surface area contributed by atoms with Crippen LogP contribution < -0.4 is 4.90 Å². The molecule has 0 bridgehead atoms. The highest BCUT2D eigenvalue weighted by Gasteiger charge is 2.41. The molecule has 0 N–H and O–H groups in total. The zero-order chi connectivity index (χ0) is 18.3. The summed E-state index contributed by atoms with van der Waals surface area (Å²) in [4.78, 5) is 8.78. The molecule has 1 aliphatic heterocycles. The summed E-state index contributed by atoms with van der Waals surface area (Å²) in [5.74, 6) is -0.234. The van der Waals surface area contributed by atoms with Gasteiger partial charge in [-0.05, 0) is 13.8 Å². The van der Waals surface area contributed by atoms with E-state index in [0.717, 1.165) is 6.26 Å². The van der Waals surface area contributed by atoms with Crippen molar-refractivity contribution in [2.75, 3.05) is 30.8 Å². The minimum atomic E-state index is -4.70. The highest BCUT2D eigenvalue weighted by Crippen LogP contribution is 2.31. The summed E-state index contributed by atoms with van der Waals surface area (Å²) >= 11 is 0. The van der Waals surface area contributed by atoms with Crippen LogP contribution in [-0.4, -0.2) is 54.1 Å². The van der Waals surface area contributed by atoms with Gasteiger partial charge in [0.2, 0.25) is 16.0 Å². The van der Waals surface area contributed by atoms with Gasteiger partial charge >= 0.3 is 6.18 Å². The van der Waals surface area contributed by atoms with Crippen molar-refractivity contribution in [1.82, 2.24) is 14.3 Å². The maximum atomic E-state index is 12.9. The average Bonchev–Trinajstić information content (AvgIpc) is 2.43. The summed E-state index contributed by atoms with van der Waals surface area (Å²) in [5, 5.41) is 8.89. The second-order valence-corrected chi connectivity index (χ2v) is 8.02. The van der Waals surface area contributed by atoms with E-state index in [0.29, 0.717) is 6.07 Å². The zero-order valence-corrected chi connectivity index (χ0v) is 14.1. The molecule has 0 saturated carbocycles. The first-order chi connectivity index (χ1) is 10.8. The number of alkyl halides is 3. The molecule has 0 aliphatic carbocycles. The largest absolute Gasteiger partial charge is 0.433 e. The molecule has 0 atom stereocenters. The molecule has 7 nitrogen and oxygen atoms in total. The molecule has 2 rings (SSSR count). The van der Waals surface area contributed by atoms with Crippen molar-refractivity contribution in [2.45, 2.75) is 25.6 Å². The summed E-state index contributed by atoms with van der Waals surface area (Å²) in [6.45, 7) is 3.65. The molecule has 1 saturated heterocycles. The van der Waals surface area contributed by atoms with E-state index in [9.17, 15) is 21.6 Å². The Balaban J connectivity index is 2.39. The quantitative estimate of drug-likeness (QED) is 0.785. The molecule has 1 aromatic rings. The molecule has 11 heteroatoms. The Labute approximate surface area is 137 Å². The second-order valence-electron chi connectivity index (χ2n) is 6.12. The lowest BCUT2D eigenvalue weighted by Gasteiger charge is -2.45. The Morgan fingerprint density at radius 2 is 1.92 bits per heavy atom. The monoisotopic (exact) mass is 363 g/mol. The van der Waals surface area contributed by atoms with Crippen molar-refractivity contribution in [2.24, 2.45) is 0 Å². The Morgan fingerprint density at radius 1 is 1.29 bits per heavy atom. The van der Waals surface area contributed by atoms with E-state index in [1.54, 1.807) is 19.9 Å². The fourth-order valence-electron chi connectivity index (χ4n) is 2.70. The number of halogens is 3. The Morgan fingerprint density at radius 3 is 2.38 bits per heavy atom. The van der Waals surface area contributed by atoms with Gasteiger partial charge in [-0.15, -0.1) is 0 Å². The number of nitrogens with zero attached hydrogens (tertiary/aromatic N) is 5. The lowest BCUT2D eigenvalue weighted by Crippen LogP contribution is -2.61. The van der Waals surface area contributed by atoms with Gasteiger partial charge < -0.3 is 4.90 Å². The Kier molecular flexibility index (Phi) is 4.49. The molecule has 0 aromatic carbocycles. The zero-order valence-electron chi connectivity index (χ0n) is 13.3. The van der Waals surface area contributed by atoms with Crippen molar-refractivity contribution in [1.29, 1.82) is 5.26 Å². The van der Waals surface area contributed by atoms with Crippen LogP contribution in [0.2, 0.25) is 0 Å². The number of piperazine rings is 1. The number of hydrogen-bond donors (Lipinski definition) is 0. The number of anilines is 1. The molecule has 132 valence electrons. The predicted molar refractivity (Wildman–Crippen MR) is 79.6 cm³/mol. The molecular formula is C13H16F3N5O2S. The minimum absolute atomic E-state index is 0.0906. The van der Waals surface area contributed by atoms with Gasteiger partial charge in [-0.25, -0.2) is 18.4 Å². The van der Waals surface area contributed by atoms with E-state index in [2.05, 4.69) is 9.97 Å². The van der Waals surface area contributed by atoms with Crippen LogP contribution >= 0.6 is 0 Å². The van der Waals surface area contributed by atoms with Gasteiger partial charge in [-0.1, -0.05) is 0 Å². The van der Waals surface area contributed by atoms with Crippen molar-refractivity contribution >= 4 is 16.0 Å². The van der Waals surface area contributed by atoms with Crippen LogP contribution in [0.3, 0.4) is 0 Å². The fourth-order valence-corrected chi connectivity index (χ4v) is 4.07. The van der Waals surface area contributed by atoms with Gasteiger partial charge in [0, 0.05) is 31.2 Å². The standard InChI is InChI=1S/C13H16F3N5O2S/c1-12(2)8-20(4-5-21(12)24(3,22)23)11-18-9(7-17)6-10(19-11)13(14,15)16/h6H,4-5,8H2,1-3H3. The maximum Gasteiger partial charge on any atom is 0.433 e. The van der Waals surface area contributed by atoms with Crippen LogP contribution in [0.25, 0.3) is 0 Å². The van der Waals surface area contributed by atoms with E-state index in [-0.39, 0.29) is 25.6 Å². The van der Waals surface area contributed by atoms with Crippen LogP contribution in [0, 0.1) is 11.3 Å². The third-order valence-electron chi connectivity index (χ3n) is 3.63. The van der Waals surface area contributed by atoms with Gasteiger partial charge in [-0.3, -0.25) is 0 Å². The van der Waals surface area contributed by atoms with Crippen LogP contribution in [0.15, 0.2) is 6.07 Å². The Bertz CT molecular complexity index is 786. The third kappa shape index (κ3) is 3.76. The topological polar surface area (TPSA) is 90.2 Å². The average molecular weight is 363 g/mol. The molecule has 0 unspecified atom stereocenters. The molecular weight excluding hydrogens is 347 g/mol. The van der Waals surface area contributed by atoms with E-state index < -0.39 is 33.1 Å². The second kappa shape index (κ2) is 5.86. The van der Waals surface area contributed by atoms with Crippen molar-refractivity contribution in [3.63, 3.8) is 0 Å². The van der Waals surface area contributed by atoms with Crippen LogP contribution in [0.1, 0.15) is 25.2 Å². The minimum Gasteiger partial charge on any atom is -0.338 e. The molecule has 2 heterocycles. The fraction of sp³-hybridized carbons (Fsp3) is 0.615. The Hall–Kier alpha value is -1.93. The van der Waals surface area contributed by atoms with E-state index in [4.69, 9.17) is 5.26 Å². The lowest BCUT2D eigenvalue weighted by molar-refractivity contribution is -0.141. The molecule has 1 fully saturated rings. The number of sulfonamides is 1. The van der Waals surface area contributed by atoms with Gasteiger partial charge in [0.15, 0.2) is 5.69 Å². The summed E-state index contributed by atoms with van der Waals surface area (Å²) in [5.41, 5.74) is -2.45. The summed E-state index contributed by atoms with van der Waals surface area (Å²) in [6, 6.07) is 2.17. The predicted octanol–water partition coefficient (Wildman–Crippen LogP) is 1.23. The van der Waals surface area contributed by atoms with Crippen molar-refractivity contribution in [3.05, 3.63) is 17.5 Å².